The zero-order valence-corrected chi connectivity index (χ0v) is 19.7. The third-order valence-corrected chi connectivity index (χ3v) is 5.55. The van der Waals surface area contributed by atoms with E-state index < -0.39 is 6.04 Å². The van der Waals surface area contributed by atoms with E-state index in [0.717, 1.165) is 12.8 Å². The summed E-state index contributed by atoms with van der Waals surface area (Å²) < 4.78 is 5.25. The van der Waals surface area contributed by atoms with E-state index in [0.29, 0.717) is 26.0 Å². The van der Waals surface area contributed by atoms with Crippen LogP contribution in [0.2, 0.25) is 0 Å². The maximum atomic E-state index is 11.8. The zero-order chi connectivity index (χ0) is 22.3. The van der Waals surface area contributed by atoms with Crippen LogP contribution in [0.3, 0.4) is 0 Å². The number of ether oxygens (including phenoxy) is 1. The molecule has 0 aromatic rings. The molecule has 0 amide bonds. The van der Waals surface area contributed by atoms with Crippen molar-refractivity contribution in [1.29, 1.82) is 5.41 Å². The Hall–Kier alpha value is -0.300. The Balaban J connectivity index is 0. The molecule has 0 unspecified atom stereocenters. The molecule has 0 saturated heterocycles. The molecule has 0 bridgehead atoms. The standard InChI is InChI=1S/C24H50N4O2.Na.H/c1-2-3-4-5-6-7-8-9-10-11-12-13-14-15-16-17-21-30-23(29)22(25)19-18-20-28-24(26)27;;/h22H,2-21,25H2,1H3,(H4,26,27,28);;/t22-;;/m0../s1. The van der Waals surface area contributed by atoms with Crippen molar-refractivity contribution >= 4 is 41.5 Å². The number of hydrogen-bond donors (Lipinski definition) is 4. The maximum absolute atomic E-state index is 11.8. The molecule has 0 fully saturated rings. The van der Waals surface area contributed by atoms with Crippen molar-refractivity contribution in [3.63, 3.8) is 0 Å². The molecule has 0 radical (unpaired) electrons. The van der Waals surface area contributed by atoms with E-state index in [-0.39, 0.29) is 41.5 Å². The van der Waals surface area contributed by atoms with E-state index in [1.165, 1.54) is 89.9 Å². The second-order valence-electron chi connectivity index (χ2n) is 8.56. The summed E-state index contributed by atoms with van der Waals surface area (Å²) in [5, 5.41) is 9.75. The van der Waals surface area contributed by atoms with Gasteiger partial charge in [-0.15, -0.1) is 0 Å². The van der Waals surface area contributed by atoms with Crippen molar-refractivity contribution in [3.05, 3.63) is 0 Å². The Labute approximate surface area is 214 Å². The van der Waals surface area contributed by atoms with Gasteiger partial charge in [0.15, 0.2) is 5.96 Å². The van der Waals surface area contributed by atoms with E-state index in [2.05, 4.69) is 12.2 Å². The van der Waals surface area contributed by atoms with Crippen LogP contribution in [-0.4, -0.2) is 60.7 Å². The van der Waals surface area contributed by atoms with Crippen molar-refractivity contribution < 1.29 is 9.53 Å². The topological polar surface area (TPSA) is 114 Å². The van der Waals surface area contributed by atoms with Gasteiger partial charge in [0.2, 0.25) is 0 Å². The van der Waals surface area contributed by atoms with Crippen LogP contribution in [0.1, 0.15) is 122 Å². The van der Waals surface area contributed by atoms with Gasteiger partial charge < -0.3 is 21.5 Å². The molecule has 6 N–H and O–H groups in total. The molecule has 0 heterocycles. The minimum atomic E-state index is -0.584. The van der Waals surface area contributed by atoms with E-state index >= 15 is 0 Å². The normalized spacial score (nSPS) is 11.5. The van der Waals surface area contributed by atoms with Crippen LogP contribution < -0.4 is 16.8 Å². The van der Waals surface area contributed by atoms with Gasteiger partial charge in [-0.05, 0) is 19.3 Å². The number of carbonyl (C=O) groups is 1. The molecule has 0 rings (SSSR count). The van der Waals surface area contributed by atoms with Gasteiger partial charge in [0.1, 0.15) is 6.04 Å². The average molecular weight is 451 g/mol. The number of esters is 1. The Morgan fingerprint density at radius 2 is 1.23 bits per heavy atom. The molecule has 0 spiro atoms. The van der Waals surface area contributed by atoms with Crippen LogP contribution in [0.15, 0.2) is 0 Å². The fourth-order valence-corrected chi connectivity index (χ4v) is 3.59. The van der Waals surface area contributed by atoms with Crippen molar-refractivity contribution in [2.24, 2.45) is 11.5 Å². The summed E-state index contributed by atoms with van der Waals surface area (Å²) in [6.45, 7) is 3.29. The van der Waals surface area contributed by atoms with Crippen LogP contribution in [-0.2, 0) is 9.53 Å². The van der Waals surface area contributed by atoms with Gasteiger partial charge in [0.25, 0.3) is 0 Å². The summed E-state index contributed by atoms with van der Waals surface area (Å²) in [6.07, 6.45) is 22.5. The van der Waals surface area contributed by atoms with Crippen LogP contribution >= 0.6 is 0 Å². The Kier molecular flexibility index (Phi) is 27.5. The fourth-order valence-electron chi connectivity index (χ4n) is 3.59. The summed E-state index contributed by atoms with van der Waals surface area (Å²) in [5.41, 5.74) is 11.0. The summed E-state index contributed by atoms with van der Waals surface area (Å²) in [5.74, 6) is -0.381. The average Bonchev–Trinajstić information content (AvgIpc) is 2.72. The van der Waals surface area contributed by atoms with Gasteiger partial charge in [0, 0.05) is 6.54 Å². The van der Waals surface area contributed by atoms with Crippen molar-refractivity contribution in [1.82, 2.24) is 5.32 Å². The molecule has 31 heavy (non-hydrogen) atoms. The molecule has 0 aliphatic heterocycles. The molecular weight excluding hydrogens is 399 g/mol. The van der Waals surface area contributed by atoms with Crippen LogP contribution in [0.4, 0.5) is 0 Å². The summed E-state index contributed by atoms with van der Waals surface area (Å²) >= 11 is 0. The Morgan fingerprint density at radius 1 is 0.806 bits per heavy atom. The molecule has 0 aliphatic carbocycles. The number of guanidine groups is 1. The second kappa shape index (κ2) is 26.0. The molecule has 1 atom stereocenters. The van der Waals surface area contributed by atoms with Gasteiger partial charge in [-0.25, -0.2) is 0 Å². The minimum absolute atomic E-state index is 0. The van der Waals surface area contributed by atoms with Crippen molar-refractivity contribution in [2.75, 3.05) is 13.2 Å². The third kappa shape index (κ3) is 25.8. The monoisotopic (exact) mass is 450 g/mol. The first-order chi connectivity index (χ1) is 14.6. The van der Waals surface area contributed by atoms with Crippen molar-refractivity contribution in [2.45, 2.75) is 129 Å². The predicted molar refractivity (Wildman–Crippen MR) is 135 cm³/mol. The summed E-state index contributed by atoms with van der Waals surface area (Å²) in [7, 11) is 0. The molecule has 180 valence electrons. The number of unbranched alkanes of at least 4 members (excludes halogenated alkanes) is 15. The van der Waals surface area contributed by atoms with Crippen LogP contribution in [0, 0.1) is 5.41 Å². The van der Waals surface area contributed by atoms with Gasteiger partial charge in [-0.1, -0.05) is 103 Å². The first-order valence-electron chi connectivity index (χ1n) is 12.6. The zero-order valence-electron chi connectivity index (χ0n) is 19.7. The van der Waals surface area contributed by atoms with Crippen LogP contribution in [0.5, 0.6) is 0 Å². The molecule has 0 aromatic heterocycles. The van der Waals surface area contributed by atoms with Gasteiger partial charge >= 0.3 is 35.5 Å². The van der Waals surface area contributed by atoms with Gasteiger partial charge in [-0.3, -0.25) is 10.2 Å². The number of nitrogens with two attached hydrogens (primary N) is 2. The number of rotatable bonds is 22. The van der Waals surface area contributed by atoms with Crippen LogP contribution in [0.25, 0.3) is 0 Å². The Morgan fingerprint density at radius 3 is 1.65 bits per heavy atom. The third-order valence-electron chi connectivity index (χ3n) is 5.55. The molecule has 0 aliphatic rings. The number of hydrogen-bond acceptors (Lipinski definition) is 4. The molecule has 0 aromatic carbocycles. The van der Waals surface area contributed by atoms with E-state index in [9.17, 15) is 4.79 Å². The predicted octanol–water partition coefficient (Wildman–Crippen LogP) is 4.73. The fraction of sp³-hybridized carbons (Fsp3) is 0.917. The number of nitrogens with one attached hydrogen (secondary N) is 2. The summed E-state index contributed by atoms with van der Waals surface area (Å²) in [6, 6.07) is -0.584. The van der Waals surface area contributed by atoms with E-state index in [4.69, 9.17) is 21.6 Å². The Bertz CT molecular complexity index is 411. The van der Waals surface area contributed by atoms with E-state index in [1.54, 1.807) is 0 Å². The first kappa shape index (κ1) is 32.9. The molecule has 0 saturated carbocycles. The van der Waals surface area contributed by atoms with Crippen molar-refractivity contribution in [3.8, 4) is 0 Å². The quantitative estimate of drug-likeness (QED) is 0.0626. The first-order valence-corrected chi connectivity index (χ1v) is 12.6. The molecule has 6 nitrogen and oxygen atoms in total. The number of carbonyl (C=O) groups excluding carboxylic acids is 1. The van der Waals surface area contributed by atoms with Gasteiger partial charge in [0.05, 0.1) is 6.61 Å². The summed E-state index contributed by atoms with van der Waals surface area (Å²) in [4.78, 5) is 11.8. The molecule has 7 heteroatoms. The molecular formula is C24H51N4NaO2. The second-order valence-corrected chi connectivity index (χ2v) is 8.56. The van der Waals surface area contributed by atoms with E-state index in [1.807, 2.05) is 0 Å². The van der Waals surface area contributed by atoms with Gasteiger partial charge in [-0.2, -0.15) is 0 Å². The SMILES string of the molecule is CCCCCCCCCCCCCCCCCCOC(=O)[C@@H](N)CCCNC(=N)N.[NaH].